The van der Waals surface area contributed by atoms with E-state index in [2.05, 4.69) is 4.98 Å². The molecule has 9 heteroatoms. The summed E-state index contributed by atoms with van der Waals surface area (Å²) in [6.45, 7) is 0.585. The SMILES string of the molecule is O=C(CSc1ccc(F)cc1)N1CC(Oc2cc(C(F)(F)F)ccn2)C1. The maximum absolute atomic E-state index is 12.8. The van der Waals surface area contributed by atoms with Crippen molar-refractivity contribution in [2.24, 2.45) is 0 Å². The van der Waals surface area contributed by atoms with Gasteiger partial charge in [-0.3, -0.25) is 4.79 Å². The Hall–Kier alpha value is -2.29. The molecular formula is C17H14F4N2O2S. The second-order valence-electron chi connectivity index (χ2n) is 5.66. The van der Waals surface area contributed by atoms with Crippen molar-refractivity contribution >= 4 is 17.7 Å². The zero-order valence-electron chi connectivity index (χ0n) is 13.4. The number of hydrogen-bond acceptors (Lipinski definition) is 4. The Morgan fingerprint density at radius 1 is 1.23 bits per heavy atom. The number of nitrogens with zero attached hydrogens (tertiary/aromatic N) is 2. The highest BCUT2D eigenvalue weighted by atomic mass is 32.2. The minimum Gasteiger partial charge on any atom is -0.471 e. The van der Waals surface area contributed by atoms with Gasteiger partial charge in [0.15, 0.2) is 0 Å². The van der Waals surface area contributed by atoms with E-state index in [1.54, 1.807) is 17.0 Å². The van der Waals surface area contributed by atoms with Crippen LogP contribution in [0.5, 0.6) is 5.88 Å². The van der Waals surface area contributed by atoms with Crippen molar-refractivity contribution in [3.63, 3.8) is 0 Å². The highest BCUT2D eigenvalue weighted by molar-refractivity contribution is 8.00. The van der Waals surface area contributed by atoms with Crippen LogP contribution in [-0.4, -0.2) is 40.7 Å². The number of amides is 1. The molecule has 0 radical (unpaired) electrons. The first-order chi connectivity index (χ1) is 12.3. The van der Waals surface area contributed by atoms with Crippen LogP contribution < -0.4 is 4.74 Å². The van der Waals surface area contributed by atoms with Gasteiger partial charge < -0.3 is 9.64 Å². The number of thioether (sulfide) groups is 1. The van der Waals surface area contributed by atoms with Gasteiger partial charge in [-0.25, -0.2) is 9.37 Å². The summed E-state index contributed by atoms with van der Waals surface area (Å²) in [4.78, 5) is 18.2. The van der Waals surface area contributed by atoms with Gasteiger partial charge >= 0.3 is 6.18 Å². The molecule has 1 aromatic carbocycles. The topological polar surface area (TPSA) is 42.4 Å². The van der Waals surface area contributed by atoms with Gasteiger partial charge in [0, 0.05) is 17.2 Å². The van der Waals surface area contributed by atoms with Crippen LogP contribution in [-0.2, 0) is 11.0 Å². The summed E-state index contributed by atoms with van der Waals surface area (Å²) in [6, 6.07) is 7.54. The third-order valence-corrected chi connectivity index (χ3v) is 4.72. The molecule has 0 N–H and O–H groups in total. The van der Waals surface area contributed by atoms with Crippen LogP contribution in [0.25, 0.3) is 0 Å². The Bertz CT molecular complexity index is 777. The number of aromatic nitrogens is 1. The molecule has 0 spiro atoms. The monoisotopic (exact) mass is 386 g/mol. The largest absolute Gasteiger partial charge is 0.471 e. The van der Waals surface area contributed by atoms with Crippen molar-refractivity contribution in [2.75, 3.05) is 18.8 Å². The number of hydrogen-bond donors (Lipinski definition) is 0. The second kappa shape index (κ2) is 7.53. The molecule has 0 aliphatic carbocycles. The van der Waals surface area contributed by atoms with Gasteiger partial charge in [-0.05, 0) is 30.3 Å². The first-order valence-electron chi connectivity index (χ1n) is 7.67. The molecule has 1 aromatic heterocycles. The minimum atomic E-state index is -4.46. The van der Waals surface area contributed by atoms with Gasteiger partial charge in [-0.15, -0.1) is 11.8 Å². The number of carbonyl (C=O) groups excluding carboxylic acids is 1. The summed E-state index contributed by atoms with van der Waals surface area (Å²) >= 11 is 1.29. The fraction of sp³-hybridized carbons (Fsp3) is 0.294. The molecular weight excluding hydrogens is 372 g/mol. The molecule has 3 rings (SSSR count). The molecule has 26 heavy (non-hydrogen) atoms. The molecule has 1 saturated heterocycles. The van der Waals surface area contributed by atoms with E-state index in [0.29, 0.717) is 13.1 Å². The maximum atomic E-state index is 12.8. The summed E-state index contributed by atoms with van der Waals surface area (Å²) in [5.41, 5.74) is -0.828. The van der Waals surface area contributed by atoms with Crippen molar-refractivity contribution in [1.82, 2.24) is 9.88 Å². The number of alkyl halides is 3. The van der Waals surface area contributed by atoms with Gasteiger partial charge in [0.05, 0.1) is 24.4 Å². The molecule has 4 nitrogen and oxygen atoms in total. The maximum Gasteiger partial charge on any atom is 0.416 e. The predicted molar refractivity (Wildman–Crippen MR) is 87.4 cm³/mol. The molecule has 2 aromatic rings. The Labute approximate surface area is 151 Å². The van der Waals surface area contributed by atoms with Crippen LogP contribution >= 0.6 is 11.8 Å². The predicted octanol–water partition coefficient (Wildman–Crippen LogP) is 3.62. The summed E-state index contributed by atoms with van der Waals surface area (Å²) in [5.74, 6) is -0.374. The number of pyridine rings is 1. The van der Waals surface area contributed by atoms with Crippen molar-refractivity contribution in [1.29, 1.82) is 0 Å². The zero-order chi connectivity index (χ0) is 18.7. The molecule has 0 atom stereocenters. The van der Waals surface area contributed by atoms with E-state index < -0.39 is 11.7 Å². The Balaban J connectivity index is 1.45. The Morgan fingerprint density at radius 2 is 1.92 bits per heavy atom. The van der Waals surface area contributed by atoms with Crippen LogP contribution in [0.4, 0.5) is 17.6 Å². The number of likely N-dealkylation sites (tertiary alicyclic amines) is 1. The number of benzene rings is 1. The summed E-state index contributed by atoms with van der Waals surface area (Å²) in [6.07, 6.45) is -3.80. The third kappa shape index (κ3) is 4.66. The number of rotatable bonds is 5. The fourth-order valence-corrected chi connectivity index (χ4v) is 3.11. The van der Waals surface area contributed by atoms with Crippen molar-refractivity contribution < 1.29 is 27.1 Å². The molecule has 1 fully saturated rings. The molecule has 138 valence electrons. The second-order valence-corrected chi connectivity index (χ2v) is 6.71. The average Bonchev–Trinajstić information content (AvgIpc) is 2.56. The molecule has 2 heterocycles. The number of ether oxygens (including phenoxy) is 1. The first-order valence-corrected chi connectivity index (χ1v) is 8.66. The van der Waals surface area contributed by atoms with Crippen LogP contribution in [0.15, 0.2) is 47.5 Å². The van der Waals surface area contributed by atoms with Crippen LogP contribution in [0, 0.1) is 5.82 Å². The van der Waals surface area contributed by atoms with Gasteiger partial charge in [0.2, 0.25) is 11.8 Å². The molecule has 0 unspecified atom stereocenters. The normalized spacial score (nSPS) is 14.8. The fourth-order valence-electron chi connectivity index (χ4n) is 2.30. The molecule has 1 aliphatic rings. The molecule has 0 bridgehead atoms. The summed E-state index contributed by atoms with van der Waals surface area (Å²) < 4.78 is 56.2. The van der Waals surface area contributed by atoms with Crippen LogP contribution in [0.2, 0.25) is 0 Å². The molecule has 1 aliphatic heterocycles. The van der Waals surface area contributed by atoms with Gasteiger partial charge in [0.25, 0.3) is 0 Å². The quantitative estimate of drug-likeness (QED) is 0.582. The summed E-state index contributed by atoms with van der Waals surface area (Å²) in [7, 11) is 0. The van der Waals surface area contributed by atoms with E-state index in [0.717, 1.165) is 23.2 Å². The van der Waals surface area contributed by atoms with Crippen molar-refractivity contribution in [3.05, 3.63) is 54.0 Å². The Kier molecular flexibility index (Phi) is 5.36. The van der Waals surface area contributed by atoms with E-state index in [-0.39, 0.29) is 29.5 Å². The van der Waals surface area contributed by atoms with E-state index >= 15 is 0 Å². The molecule has 0 saturated carbocycles. The van der Waals surface area contributed by atoms with E-state index in [4.69, 9.17) is 4.74 Å². The lowest BCUT2D eigenvalue weighted by Gasteiger charge is -2.38. The van der Waals surface area contributed by atoms with Gasteiger partial charge in [-0.2, -0.15) is 13.2 Å². The lowest BCUT2D eigenvalue weighted by atomic mass is 10.1. The van der Waals surface area contributed by atoms with Crippen LogP contribution in [0.3, 0.4) is 0 Å². The molecule has 1 amide bonds. The van der Waals surface area contributed by atoms with Crippen LogP contribution in [0.1, 0.15) is 5.56 Å². The van der Waals surface area contributed by atoms with E-state index in [1.165, 1.54) is 23.9 Å². The lowest BCUT2D eigenvalue weighted by Crippen LogP contribution is -2.56. The average molecular weight is 386 g/mol. The Morgan fingerprint density at radius 3 is 2.58 bits per heavy atom. The number of carbonyl (C=O) groups is 1. The van der Waals surface area contributed by atoms with Crippen molar-refractivity contribution in [2.45, 2.75) is 17.2 Å². The van der Waals surface area contributed by atoms with Gasteiger partial charge in [0.1, 0.15) is 11.9 Å². The minimum absolute atomic E-state index is 0.113. The van der Waals surface area contributed by atoms with E-state index in [9.17, 15) is 22.4 Å². The highest BCUT2D eigenvalue weighted by Gasteiger charge is 2.34. The zero-order valence-corrected chi connectivity index (χ0v) is 14.2. The smallest absolute Gasteiger partial charge is 0.416 e. The van der Waals surface area contributed by atoms with Gasteiger partial charge in [-0.1, -0.05) is 0 Å². The lowest BCUT2D eigenvalue weighted by molar-refractivity contribution is -0.138. The first kappa shape index (κ1) is 18.5. The highest BCUT2D eigenvalue weighted by Crippen LogP contribution is 2.31. The number of halogens is 4. The van der Waals surface area contributed by atoms with E-state index in [1.807, 2.05) is 0 Å². The standard InChI is InChI=1S/C17H14F4N2O2S/c18-12-1-3-14(4-2-12)26-10-16(24)23-8-13(9-23)25-15-7-11(5-6-22-15)17(19,20)21/h1-7,13H,8-10H2. The van der Waals surface area contributed by atoms with Crippen molar-refractivity contribution in [3.8, 4) is 5.88 Å². The third-order valence-electron chi connectivity index (χ3n) is 3.73. The summed E-state index contributed by atoms with van der Waals surface area (Å²) in [5, 5.41) is 0.